The van der Waals surface area contributed by atoms with Crippen LogP contribution in [0.4, 0.5) is 13.2 Å². The Bertz CT molecular complexity index is 855. The minimum absolute atomic E-state index is 0.0639. The SMILES string of the molecule is CC1=NN(C(=O)CC23C[C@@H]4C[C@@H](C2)CC(n2ncnn2)(C4)C3)[C@](O)(C(F)(F)F)C1. The fraction of sp³-hybridized carbons (Fsp3) is 0.833. The standard InChI is InChI=1S/C18H23F3N6O2/c1-11-3-17(29,18(19,20)21)26(24-11)14(28)8-15-4-12-2-13(5-15)7-16(6-12,9-15)27-23-10-22-25-27/h10,12-13,29H,2-9H2,1H3/t12-,13-,15?,16?,17+/m0/s1. The molecule has 4 fully saturated rings. The van der Waals surface area contributed by atoms with Gasteiger partial charge in [0, 0.05) is 18.6 Å². The minimum atomic E-state index is -4.97. The zero-order valence-electron chi connectivity index (χ0n) is 16.1. The number of alkyl halides is 3. The summed E-state index contributed by atoms with van der Waals surface area (Å²) >= 11 is 0. The molecule has 1 amide bonds. The molecule has 1 aromatic heterocycles. The molecule has 3 atom stereocenters. The number of amides is 1. The van der Waals surface area contributed by atoms with E-state index in [4.69, 9.17) is 0 Å². The third kappa shape index (κ3) is 2.72. The molecule has 29 heavy (non-hydrogen) atoms. The summed E-state index contributed by atoms with van der Waals surface area (Å²) in [4.78, 5) is 14.7. The predicted molar refractivity (Wildman–Crippen MR) is 93.1 cm³/mol. The van der Waals surface area contributed by atoms with Crippen LogP contribution in [0.25, 0.3) is 0 Å². The van der Waals surface area contributed by atoms with Gasteiger partial charge in [0.1, 0.15) is 0 Å². The van der Waals surface area contributed by atoms with Gasteiger partial charge in [-0.1, -0.05) is 0 Å². The number of hydrazone groups is 1. The van der Waals surface area contributed by atoms with E-state index < -0.39 is 29.6 Å². The van der Waals surface area contributed by atoms with Crippen LogP contribution in [-0.2, 0) is 10.3 Å². The van der Waals surface area contributed by atoms with Crippen LogP contribution >= 0.6 is 0 Å². The molecule has 6 rings (SSSR count). The number of halogens is 3. The third-order valence-corrected chi connectivity index (χ3v) is 7.26. The van der Waals surface area contributed by atoms with Gasteiger partial charge < -0.3 is 5.11 Å². The van der Waals surface area contributed by atoms with Crippen molar-refractivity contribution in [3.05, 3.63) is 6.33 Å². The summed E-state index contributed by atoms with van der Waals surface area (Å²) in [5.41, 5.74) is -3.92. The van der Waals surface area contributed by atoms with E-state index in [0.717, 1.165) is 32.1 Å². The molecule has 4 aliphatic carbocycles. The van der Waals surface area contributed by atoms with Gasteiger partial charge in [0.15, 0.2) is 6.33 Å². The van der Waals surface area contributed by atoms with Crippen LogP contribution in [0.15, 0.2) is 11.4 Å². The van der Waals surface area contributed by atoms with Gasteiger partial charge in [-0.25, -0.2) is 0 Å². The number of carbonyl (C=O) groups excluding carboxylic acids is 1. The van der Waals surface area contributed by atoms with Crippen LogP contribution in [0.5, 0.6) is 0 Å². The van der Waals surface area contributed by atoms with Gasteiger partial charge in [0.2, 0.25) is 5.91 Å². The Hall–Kier alpha value is -2.04. The Morgan fingerprint density at radius 3 is 2.55 bits per heavy atom. The number of rotatable bonds is 3. The van der Waals surface area contributed by atoms with Crippen molar-refractivity contribution >= 4 is 11.6 Å². The number of hydrogen-bond donors (Lipinski definition) is 1. The molecule has 4 saturated carbocycles. The summed E-state index contributed by atoms with van der Waals surface area (Å²) in [6.07, 6.45) is 0.750. The average molecular weight is 412 g/mol. The highest BCUT2D eigenvalue weighted by Gasteiger charge is 2.64. The maximum Gasteiger partial charge on any atom is 0.438 e. The van der Waals surface area contributed by atoms with Crippen molar-refractivity contribution in [3.8, 4) is 0 Å². The van der Waals surface area contributed by atoms with Crippen molar-refractivity contribution in [1.29, 1.82) is 0 Å². The predicted octanol–water partition coefficient (Wildman–Crippen LogP) is 2.22. The van der Waals surface area contributed by atoms with E-state index in [-0.39, 0.29) is 22.7 Å². The Balaban J connectivity index is 1.44. The molecule has 5 aliphatic rings. The smallest absolute Gasteiger partial charge is 0.362 e. The van der Waals surface area contributed by atoms with Gasteiger partial charge in [0.25, 0.3) is 5.72 Å². The van der Waals surface area contributed by atoms with Crippen LogP contribution < -0.4 is 0 Å². The van der Waals surface area contributed by atoms with Crippen LogP contribution in [0.3, 0.4) is 0 Å². The molecule has 0 spiro atoms. The first-order chi connectivity index (χ1) is 13.5. The van der Waals surface area contributed by atoms with Crippen LogP contribution in [0.1, 0.15) is 58.3 Å². The fourth-order valence-corrected chi connectivity index (χ4v) is 6.83. The summed E-state index contributed by atoms with van der Waals surface area (Å²) in [5, 5.41) is 26.5. The lowest BCUT2D eigenvalue weighted by Crippen LogP contribution is -2.60. The lowest BCUT2D eigenvalue weighted by molar-refractivity contribution is -0.303. The largest absolute Gasteiger partial charge is 0.438 e. The van der Waals surface area contributed by atoms with Crippen LogP contribution in [-0.4, -0.2) is 53.8 Å². The lowest BCUT2D eigenvalue weighted by Gasteiger charge is -2.61. The van der Waals surface area contributed by atoms with Crippen LogP contribution in [0.2, 0.25) is 0 Å². The van der Waals surface area contributed by atoms with E-state index >= 15 is 0 Å². The highest BCUT2D eigenvalue weighted by atomic mass is 19.4. The van der Waals surface area contributed by atoms with E-state index in [1.807, 2.05) is 0 Å². The molecule has 0 aromatic carbocycles. The number of aliphatic hydroxyl groups is 1. The van der Waals surface area contributed by atoms with Crippen molar-refractivity contribution in [2.75, 3.05) is 0 Å². The van der Waals surface area contributed by atoms with E-state index in [1.165, 1.54) is 13.3 Å². The van der Waals surface area contributed by atoms with E-state index in [2.05, 4.69) is 20.5 Å². The molecule has 1 aromatic rings. The van der Waals surface area contributed by atoms with Gasteiger partial charge in [-0.3, -0.25) is 4.79 Å². The van der Waals surface area contributed by atoms with Crippen molar-refractivity contribution in [2.24, 2.45) is 22.4 Å². The molecule has 0 saturated heterocycles. The monoisotopic (exact) mass is 412 g/mol. The molecule has 0 radical (unpaired) electrons. The summed E-state index contributed by atoms with van der Waals surface area (Å²) in [6.45, 7) is 1.39. The van der Waals surface area contributed by atoms with Gasteiger partial charge in [0.05, 0.1) is 5.54 Å². The Labute approximate surface area is 165 Å². The van der Waals surface area contributed by atoms with Gasteiger partial charge in [-0.05, 0) is 67.9 Å². The molecule has 0 unspecified atom stereocenters. The second-order valence-corrected chi connectivity index (χ2v) is 9.62. The summed E-state index contributed by atoms with van der Waals surface area (Å²) in [7, 11) is 0. The molecule has 2 heterocycles. The average Bonchev–Trinajstić information content (AvgIpc) is 3.21. The molecular formula is C18H23F3N6O2. The first-order valence-electron chi connectivity index (χ1n) is 9.94. The maximum atomic E-state index is 13.5. The Morgan fingerprint density at radius 1 is 1.28 bits per heavy atom. The summed E-state index contributed by atoms with van der Waals surface area (Å²) < 4.78 is 40.6. The third-order valence-electron chi connectivity index (χ3n) is 7.26. The van der Waals surface area contributed by atoms with E-state index in [9.17, 15) is 23.1 Å². The van der Waals surface area contributed by atoms with Crippen molar-refractivity contribution in [3.63, 3.8) is 0 Å². The zero-order chi connectivity index (χ0) is 20.7. The van der Waals surface area contributed by atoms with Crippen molar-refractivity contribution in [1.82, 2.24) is 25.2 Å². The van der Waals surface area contributed by atoms with E-state index in [0.29, 0.717) is 18.3 Å². The Kier molecular flexibility index (Phi) is 3.77. The Morgan fingerprint density at radius 2 is 1.97 bits per heavy atom. The molecule has 1 aliphatic heterocycles. The fourth-order valence-electron chi connectivity index (χ4n) is 6.83. The molecule has 11 heteroatoms. The number of carbonyl (C=O) groups is 1. The van der Waals surface area contributed by atoms with Crippen molar-refractivity contribution < 1.29 is 23.1 Å². The summed E-state index contributed by atoms with van der Waals surface area (Å²) in [5.74, 6) is 0.00561. The molecule has 158 valence electrons. The van der Waals surface area contributed by atoms with E-state index in [1.54, 1.807) is 4.80 Å². The van der Waals surface area contributed by atoms with Gasteiger partial charge >= 0.3 is 6.18 Å². The number of tetrazole rings is 1. The summed E-state index contributed by atoms with van der Waals surface area (Å²) in [6, 6.07) is 0. The molecule has 8 nitrogen and oxygen atoms in total. The lowest BCUT2D eigenvalue weighted by atomic mass is 9.46. The first-order valence-corrected chi connectivity index (χ1v) is 9.94. The second kappa shape index (κ2) is 5.77. The number of nitrogens with zero attached hydrogens (tertiary/aromatic N) is 6. The quantitative estimate of drug-likeness (QED) is 0.821. The molecule has 4 bridgehead atoms. The highest BCUT2D eigenvalue weighted by Crippen LogP contribution is 2.65. The van der Waals surface area contributed by atoms with Gasteiger partial charge in [-0.2, -0.15) is 28.1 Å². The zero-order valence-corrected chi connectivity index (χ0v) is 16.1. The minimum Gasteiger partial charge on any atom is -0.362 e. The van der Waals surface area contributed by atoms with Crippen LogP contribution in [0, 0.1) is 17.3 Å². The van der Waals surface area contributed by atoms with Crippen molar-refractivity contribution in [2.45, 2.75) is 75.7 Å². The normalized spacial score (nSPS) is 41.1. The molecular weight excluding hydrogens is 389 g/mol. The maximum absolute atomic E-state index is 13.5. The second-order valence-electron chi connectivity index (χ2n) is 9.62. The highest BCUT2D eigenvalue weighted by molar-refractivity contribution is 5.89. The molecule has 1 N–H and O–H groups in total. The topological polar surface area (TPSA) is 96.5 Å². The number of aromatic nitrogens is 4. The first kappa shape index (κ1) is 19.0. The van der Waals surface area contributed by atoms with Gasteiger partial charge in [-0.15, -0.1) is 10.2 Å². The number of hydrogen-bond acceptors (Lipinski definition) is 6.